The van der Waals surface area contributed by atoms with Crippen LogP contribution in [0, 0.1) is 6.92 Å². The number of hydrogen-bond acceptors (Lipinski definition) is 4. The van der Waals surface area contributed by atoms with Crippen LogP contribution in [0.1, 0.15) is 18.9 Å². The molecule has 0 aliphatic heterocycles. The third kappa shape index (κ3) is 3.97. The van der Waals surface area contributed by atoms with E-state index >= 15 is 0 Å². The molecule has 0 spiro atoms. The van der Waals surface area contributed by atoms with E-state index in [0.717, 1.165) is 33.4 Å². The number of carbonyl (C=O) groups excluding carboxylic acids is 1. The SMILES string of the molecule is CCOC(=O)CCNc1nc2ccc(Cl)cc2c(-c2ccccc2)c1C. The highest BCUT2D eigenvalue weighted by molar-refractivity contribution is 6.31. The maximum absolute atomic E-state index is 11.6. The van der Waals surface area contributed by atoms with Gasteiger partial charge in [-0.1, -0.05) is 41.9 Å². The van der Waals surface area contributed by atoms with E-state index < -0.39 is 0 Å². The number of ether oxygens (including phenoxy) is 1. The molecule has 5 heteroatoms. The predicted molar refractivity (Wildman–Crippen MR) is 107 cm³/mol. The van der Waals surface area contributed by atoms with Gasteiger partial charge in [-0.05, 0) is 48.7 Å². The molecule has 0 radical (unpaired) electrons. The molecule has 0 amide bonds. The lowest BCUT2D eigenvalue weighted by atomic mass is 9.96. The Morgan fingerprint density at radius 2 is 1.96 bits per heavy atom. The van der Waals surface area contributed by atoms with Crippen molar-refractivity contribution in [2.45, 2.75) is 20.3 Å². The van der Waals surface area contributed by atoms with E-state index in [1.54, 1.807) is 6.92 Å². The highest BCUT2D eigenvalue weighted by atomic mass is 35.5. The van der Waals surface area contributed by atoms with Crippen LogP contribution in [0.3, 0.4) is 0 Å². The zero-order valence-electron chi connectivity index (χ0n) is 14.9. The molecule has 1 heterocycles. The number of fused-ring (bicyclic) bond motifs is 1. The molecule has 0 saturated heterocycles. The van der Waals surface area contributed by atoms with Crippen LogP contribution in [-0.2, 0) is 9.53 Å². The third-order valence-electron chi connectivity index (χ3n) is 4.18. The van der Waals surface area contributed by atoms with Gasteiger partial charge in [-0.15, -0.1) is 0 Å². The average Bonchev–Trinajstić information content (AvgIpc) is 2.63. The summed E-state index contributed by atoms with van der Waals surface area (Å²) < 4.78 is 4.97. The molecular formula is C21H21ClN2O2. The van der Waals surface area contributed by atoms with E-state index in [4.69, 9.17) is 21.3 Å². The van der Waals surface area contributed by atoms with Crippen molar-refractivity contribution in [3.05, 3.63) is 59.1 Å². The second-order valence-electron chi connectivity index (χ2n) is 5.97. The zero-order valence-corrected chi connectivity index (χ0v) is 15.6. The fourth-order valence-corrected chi connectivity index (χ4v) is 3.17. The van der Waals surface area contributed by atoms with Gasteiger partial charge in [0.1, 0.15) is 5.82 Å². The second-order valence-corrected chi connectivity index (χ2v) is 6.41. The largest absolute Gasteiger partial charge is 0.466 e. The number of aromatic nitrogens is 1. The lowest BCUT2D eigenvalue weighted by Gasteiger charge is -2.16. The lowest BCUT2D eigenvalue weighted by molar-refractivity contribution is -0.142. The van der Waals surface area contributed by atoms with Crippen LogP contribution in [-0.4, -0.2) is 24.1 Å². The minimum atomic E-state index is -0.214. The number of nitrogens with zero attached hydrogens (tertiary/aromatic N) is 1. The number of esters is 1. The van der Waals surface area contributed by atoms with Gasteiger partial charge in [0, 0.05) is 17.0 Å². The summed E-state index contributed by atoms with van der Waals surface area (Å²) in [6.07, 6.45) is 0.300. The molecule has 2 aromatic carbocycles. The third-order valence-corrected chi connectivity index (χ3v) is 4.41. The Hall–Kier alpha value is -2.59. The molecule has 3 aromatic rings. The number of carbonyl (C=O) groups is 1. The fraction of sp³-hybridized carbons (Fsp3) is 0.238. The normalized spacial score (nSPS) is 10.7. The number of pyridine rings is 1. The first-order valence-electron chi connectivity index (χ1n) is 8.65. The van der Waals surface area contributed by atoms with E-state index in [0.29, 0.717) is 24.6 Å². The first-order valence-corrected chi connectivity index (χ1v) is 9.02. The van der Waals surface area contributed by atoms with Crippen LogP contribution < -0.4 is 5.32 Å². The van der Waals surface area contributed by atoms with Crippen LogP contribution in [0.5, 0.6) is 0 Å². The van der Waals surface area contributed by atoms with Crippen molar-refractivity contribution in [3.63, 3.8) is 0 Å². The minimum absolute atomic E-state index is 0.214. The molecule has 0 aliphatic carbocycles. The average molecular weight is 369 g/mol. The van der Waals surface area contributed by atoms with Crippen molar-refractivity contribution in [2.24, 2.45) is 0 Å². The number of halogens is 1. The summed E-state index contributed by atoms with van der Waals surface area (Å²) in [4.78, 5) is 16.3. The van der Waals surface area contributed by atoms with Crippen molar-refractivity contribution in [1.29, 1.82) is 0 Å². The maximum Gasteiger partial charge on any atom is 0.307 e. The van der Waals surface area contributed by atoms with Crippen molar-refractivity contribution in [1.82, 2.24) is 4.98 Å². The number of nitrogens with one attached hydrogen (secondary N) is 1. The zero-order chi connectivity index (χ0) is 18.5. The minimum Gasteiger partial charge on any atom is -0.466 e. The van der Waals surface area contributed by atoms with Gasteiger partial charge in [-0.25, -0.2) is 4.98 Å². The van der Waals surface area contributed by atoms with Gasteiger partial charge in [0.15, 0.2) is 0 Å². The number of benzene rings is 2. The van der Waals surface area contributed by atoms with E-state index in [1.165, 1.54) is 0 Å². The van der Waals surface area contributed by atoms with Crippen molar-refractivity contribution in [3.8, 4) is 11.1 Å². The Bertz CT molecular complexity index is 926. The van der Waals surface area contributed by atoms with Gasteiger partial charge in [-0.3, -0.25) is 4.79 Å². The van der Waals surface area contributed by atoms with Gasteiger partial charge in [-0.2, -0.15) is 0 Å². The van der Waals surface area contributed by atoms with E-state index in [-0.39, 0.29) is 5.97 Å². The van der Waals surface area contributed by atoms with Gasteiger partial charge >= 0.3 is 5.97 Å². The standard InChI is InChI=1S/C21H21ClN2O2/c1-3-26-19(25)11-12-23-21-14(2)20(15-7-5-4-6-8-15)17-13-16(22)9-10-18(17)24-21/h4-10,13H,3,11-12H2,1-2H3,(H,23,24). The Kier molecular flexibility index (Phi) is 5.74. The van der Waals surface area contributed by atoms with Gasteiger partial charge < -0.3 is 10.1 Å². The Labute approximate surface area is 158 Å². The molecule has 4 nitrogen and oxygen atoms in total. The fourth-order valence-electron chi connectivity index (χ4n) is 3.00. The summed E-state index contributed by atoms with van der Waals surface area (Å²) in [6, 6.07) is 15.9. The molecule has 1 N–H and O–H groups in total. The molecule has 134 valence electrons. The van der Waals surface area contributed by atoms with Crippen LogP contribution >= 0.6 is 11.6 Å². The number of anilines is 1. The molecule has 0 unspecified atom stereocenters. The van der Waals surface area contributed by atoms with E-state index in [9.17, 15) is 4.79 Å². The highest BCUT2D eigenvalue weighted by Gasteiger charge is 2.14. The monoisotopic (exact) mass is 368 g/mol. The summed E-state index contributed by atoms with van der Waals surface area (Å²) in [5, 5.41) is 4.97. The molecule has 0 fully saturated rings. The molecule has 26 heavy (non-hydrogen) atoms. The summed E-state index contributed by atoms with van der Waals surface area (Å²) >= 11 is 6.22. The van der Waals surface area contributed by atoms with Crippen molar-refractivity contribution in [2.75, 3.05) is 18.5 Å². The summed E-state index contributed by atoms with van der Waals surface area (Å²) in [6.45, 7) is 4.70. The summed E-state index contributed by atoms with van der Waals surface area (Å²) in [5.74, 6) is 0.552. The van der Waals surface area contributed by atoms with Crippen LogP contribution in [0.4, 0.5) is 5.82 Å². The lowest BCUT2D eigenvalue weighted by Crippen LogP contribution is -2.13. The topological polar surface area (TPSA) is 51.2 Å². The Morgan fingerprint density at radius 3 is 2.69 bits per heavy atom. The maximum atomic E-state index is 11.6. The smallest absolute Gasteiger partial charge is 0.307 e. The van der Waals surface area contributed by atoms with Gasteiger partial charge in [0.05, 0.1) is 18.5 Å². The highest BCUT2D eigenvalue weighted by Crippen LogP contribution is 2.35. The summed E-state index contributed by atoms with van der Waals surface area (Å²) in [5.41, 5.74) is 4.08. The van der Waals surface area contributed by atoms with Crippen LogP contribution in [0.25, 0.3) is 22.0 Å². The molecule has 0 atom stereocenters. The second kappa shape index (κ2) is 8.19. The molecule has 0 saturated carbocycles. The van der Waals surface area contributed by atoms with Gasteiger partial charge in [0.25, 0.3) is 0 Å². The van der Waals surface area contributed by atoms with Crippen LogP contribution in [0.2, 0.25) is 5.02 Å². The first-order chi connectivity index (χ1) is 12.6. The molecule has 1 aromatic heterocycles. The van der Waals surface area contributed by atoms with E-state index in [2.05, 4.69) is 17.4 Å². The molecular weight excluding hydrogens is 348 g/mol. The van der Waals surface area contributed by atoms with Crippen molar-refractivity contribution >= 4 is 34.3 Å². The molecule has 0 aliphatic rings. The Balaban J connectivity index is 2.01. The van der Waals surface area contributed by atoms with E-state index in [1.807, 2.05) is 43.3 Å². The van der Waals surface area contributed by atoms with Crippen LogP contribution in [0.15, 0.2) is 48.5 Å². The Morgan fingerprint density at radius 1 is 1.19 bits per heavy atom. The quantitative estimate of drug-likeness (QED) is 0.605. The predicted octanol–water partition coefficient (Wildman–Crippen LogP) is 5.23. The summed E-state index contributed by atoms with van der Waals surface area (Å²) in [7, 11) is 0. The van der Waals surface area contributed by atoms with Crippen molar-refractivity contribution < 1.29 is 9.53 Å². The first kappa shape index (κ1) is 18.2. The molecule has 3 rings (SSSR count). The number of hydrogen-bond donors (Lipinski definition) is 1. The van der Waals surface area contributed by atoms with Gasteiger partial charge in [0.2, 0.25) is 0 Å². The molecule has 0 bridgehead atoms. The number of rotatable bonds is 6.